The molecule has 0 spiro atoms. The summed E-state index contributed by atoms with van der Waals surface area (Å²) in [6.45, 7) is 8.78. The first-order valence-electron chi connectivity index (χ1n) is 6.32. The lowest BCUT2D eigenvalue weighted by atomic mass is 10.0. The van der Waals surface area contributed by atoms with E-state index in [9.17, 15) is 4.39 Å². The smallest absolute Gasteiger partial charge is 0.123 e. The number of aryl methyl sites for hydroxylation is 1. The molecule has 0 aliphatic carbocycles. The molecule has 0 aliphatic heterocycles. The highest BCUT2D eigenvalue weighted by Crippen LogP contribution is 2.10. The van der Waals surface area contributed by atoms with Crippen LogP contribution in [-0.2, 0) is 0 Å². The summed E-state index contributed by atoms with van der Waals surface area (Å²) < 4.78 is 12.1. The second-order valence-electron chi connectivity index (χ2n) is 4.48. The summed E-state index contributed by atoms with van der Waals surface area (Å²) >= 11 is 0. The van der Waals surface area contributed by atoms with Crippen LogP contribution in [0.5, 0.6) is 0 Å². The second kappa shape index (κ2) is 9.38. The molecule has 1 heteroatoms. The van der Waals surface area contributed by atoms with Gasteiger partial charge in [0.2, 0.25) is 0 Å². The van der Waals surface area contributed by atoms with Crippen molar-refractivity contribution in [1.82, 2.24) is 0 Å². The van der Waals surface area contributed by atoms with Gasteiger partial charge in [-0.2, -0.15) is 0 Å². The monoisotopic (exact) mass is 224 g/mol. The van der Waals surface area contributed by atoms with Crippen molar-refractivity contribution in [2.75, 3.05) is 0 Å². The first-order valence-corrected chi connectivity index (χ1v) is 6.32. The van der Waals surface area contributed by atoms with Crippen molar-refractivity contribution in [2.45, 2.75) is 53.4 Å². The van der Waals surface area contributed by atoms with Crippen LogP contribution in [0.3, 0.4) is 0 Å². The van der Waals surface area contributed by atoms with Crippen LogP contribution in [0.2, 0.25) is 0 Å². The van der Waals surface area contributed by atoms with Crippen LogP contribution in [-0.4, -0.2) is 0 Å². The van der Waals surface area contributed by atoms with Crippen LogP contribution in [0.1, 0.15) is 52.0 Å². The van der Waals surface area contributed by atoms with E-state index in [1.54, 1.807) is 12.1 Å². The Morgan fingerprint density at radius 1 is 1.00 bits per heavy atom. The average Bonchev–Trinajstić information content (AvgIpc) is 2.24. The van der Waals surface area contributed by atoms with E-state index in [2.05, 4.69) is 20.8 Å². The molecule has 0 heterocycles. The highest BCUT2D eigenvalue weighted by atomic mass is 19.1. The van der Waals surface area contributed by atoms with Crippen LogP contribution >= 0.6 is 0 Å². The summed E-state index contributed by atoms with van der Waals surface area (Å²) in [5, 5.41) is 0. The number of benzene rings is 1. The SMILES string of the molecule is CCCC(C)CCC.Cc1ccc(F)cc1. The van der Waals surface area contributed by atoms with Gasteiger partial charge < -0.3 is 0 Å². The van der Waals surface area contributed by atoms with Crippen molar-refractivity contribution in [1.29, 1.82) is 0 Å². The van der Waals surface area contributed by atoms with Gasteiger partial charge in [-0.05, 0) is 25.0 Å². The minimum absolute atomic E-state index is 0.171. The first-order chi connectivity index (χ1) is 7.60. The van der Waals surface area contributed by atoms with Crippen molar-refractivity contribution in [2.24, 2.45) is 5.92 Å². The quantitative estimate of drug-likeness (QED) is 0.646. The molecule has 0 unspecified atom stereocenters. The van der Waals surface area contributed by atoms with Crippen LogP contribution < -0.4 is 0 Å². The fourth-order valence-electron chi connectivity index (χ4n) is 1.66. The lowest BCUT2D eigenvalue weighted by Crippen LogP contribution is -1.91. The molecule has 0 amide bonds. The molecule has 0 atom stereocenters. The Balaban J connectivity index is 0.000000281. The zero-order chi connectivity index (χ0) is 12.4. The molecule has 1 rings (SSSR count). The summed E-state index contributed by atoms with van der Waals surface area (Å²) in [6.07, 6.45) is 5.52. The molecule has 1 aromatic carbocycles. The van der Waals surface area contributed by atoms with E-state index in [0.29, 0.717) is 0 Å². The van der Waals surface area contributed by atoms with Crippen LogP contribution in [0, 0.1) is 18.7 Å². The maximum atomic E-state index is 12.1. The van der Waals surface area contributed by atoms with Gasteiger partial charge in [0.15, 0.2) is 0 Å². The summed E-state index contributed by atoms with van der Waals surface area (Å²) in [5.41, 5.74) is 1.09. The number of hydrogen-bond donors (Lipinski definition) is 0. The number of rotatable bonds is 4. The van der Waals surface area contributed by atoms with Gasteiger partial charge in [-0.25, -0.2) is 4.39 Å². The predicted octanol–water partition coefficient (Wildman–Crippen LogP) is 5.36. The van der Waals surface area contributed by atoms with E-state index in [1.807, 2.05) is 6.92 Å². The fraction of sp³-hybridized carbons (Fsp3) is 0.600. The van der Waals surface area contributed by atoms with Crippen molar-refractivity contribution in [3.8, 4) is 0 Å². The van der Waals surface area contributed by atoms with Gasteiger partial charge in [0, 0.05) is 0 Å². The van der Waals surface area contributed by atoms with Crippen molar-refractivity contribution in [3.05, 3.63) is 35.6 Å². The van der Waals surface area contributed by atoms with Crippen LogP contribution in [0.4, 0.5) is 4.39 Å². The largest absolute Gasteiger partial charge is 0.207 e. The lowest BCUT2D eigenvalue weighted by Gasteiger charge is -2.05. The third-order valence-corrected chi connectivity index (χ3v) is 2.57. The Hall–Kier alpha value is -0.850. The Labute approximate surface area is 99.9 Å². The van der Waals surface area contributed by atoms with E-state index < -0.39 is 0 Å². The molecule has 16 heavy (non-hydrogen) atoms. The average molecular weight is 224 g/mol. The Kier molecular flexibility index (Phi) is 8.88. The third-order valence-electron chi connectivity index (χ3n) is 2.57. The highest BCUT2D eigenvalue weighted by molar-refractivity contribution is 5.13. The van der Waals surface area contributed by atoms with Crippen LogP contribution in [0.15, 0.2) is 24.3 Å². The Morgan fingerprint density at radius 2 is 1.44 bits per heavy atom. The van der Waals surface area contributed by atoms with Gasteiger partial charge in [-0.3, -0.25) is 0 Å². The maximum absolute atomic E-state index is 12.1. The van der Waals surface area contributed by atoms with Gasteiger partial charge in [0.1, 0.15) is 5.82 Å². The minimum Gasteiger partial charge on any atom is -0.207 e. The summed E-state index contributed by atoms with van der Waals surface area (Å²) in [4.78, 5) is 0. The summed E-state index contributed by atoms with van der Waals surface area (Å²) in [6, 6.07) is 6.40. The van der Waals surface area contributed by atoms with Gasteiger partial charge in [0.05, 0.1) is 0 Å². The molecule has 0 nitrogen and oxygen atoms in total. The van der Waals surface area contributed by atoms with Gasteiger partial charge in [-0.1, -0.05) is 64.2 Å². The maximum Gasteiger partial charge on any atom is 0.123 e. The molecule has 1 aromatic rings. The van der Waals surface area contributed by atoms with Crippen molar-refractivity contribution >= 4 is 0 Å². The zero-order valence-corrected chi connectivity index (χ0v) is 11.1. The summed E-state index contributed by atoms with van der Waals surface area (Å²) in [5.74, 6) is 0.792. The number of hydrogen-bond acceptors (Lipinski definition) is 0. The van der Waals surface area contributed by atoms with E-state index in [4.69, 9.17) is 0 Å². The van der Waals surface area contributed by atoms with E-state index in [-0.39, 0.29) is 5.82 Å². The molecule has 0 aromatic heterocycles. The Bertz CT molecular complexity index is 224. The first kappa shape index (κ1) is 15.2. The van der Waals surface area contributed by atoms with Gasteiger partial charge in [0.25, 0.3) is 0 Å². The molecule has 0 aliphatic rings. The molecular formula is C15H25F. The topological polar surface area (TPSA) is 0 Å². The summed E-state index contributed by atoms with van der Waals surface area (Å²) in [7, 11) is 0. The Morgan fingerprint density at radius 3 is 1.75 bits per heavy atom. The highest BCUT2D eigenvalue weighted by Gasteiger charge is 1.95. The molecule has 0 saturated heterocycles. The van der Waals surface area contributed by atoms with Crippen LogP contribution in [0.25, 0.3) is 0 Å². The third kappa shape index (κ3) is 8.46. The molecule has 0 radical (unpaired) electrons. The number of halogens is 1. The zero-order valence-electron chi connectivity index (χ0n) is 11.1. The van der Waals surface area contributed by atoms with Crippen molar-refractivity contribution < 1.29 is 4.39 Å². The van der Waals surface area contributed by atoms with E-state index in [1.165, 1.54) is 37.8 Å². The molecule has 0 saturated carbocycles. The minimum atomic E-state index is -0.171. The molecule has 0 N–H and O–H groups in total. The standard InChI is InChI=1S/C8H18.C7H7F/c1-4-6-8(3)7-5-2;1-6-2-4-7(8)5-3-6/h8H,4-7H2,1-3H3;2-5H,1H3. The fourth-order valence-corrected chi connectivity index (χ4v) is 1.66. The molecule has 92 valence electrons. The molecule has 0 fully saturated rings. The van der Waals surface area contributed by atoms with E-state index >= 15 is 0 Å². The normalized spacial score (nSPS) is 9.88. The molecular weight excluding hydrogens is 199 g/mol. The van der Waals surface area contributed by atoms with Gasteiger partial charge in [-0.15, -0.1) is 0 Å². The second-order valence-corrected chi connectivity index (χ2v) is 4.48. The van der Waals surface area contributed by atoms with E-state index in [0.717, 1.165) is 11.5 Å². The predicted molar refractivity (Wildman–Crippen MR) is 70.1 cm³/mol. The van der Waals surface area contributed by atoms with Gasteiger partial charge >= 0.3 is 0 Å². The van der Waals surface area contributed by atoms with Crippen molar-refractivity contribution in [3.63, 3.8) is 0 Å². The molecule has 0 bridgehead atoms. The lowest BCUT2D eigenvalue weighted by molar-refractivity contribution is 0.480.